The van der Waals surface area contributed by atoms with E-state index in [9.17, 15) is 0 Å². The highest BCUT2D eigenvalue weighted by atomic mass is 79.9. The van der Waals surface area contributed by atoms with Gasteiger partial charge in [0.2, 0.25) is 0 Å². The molecular weight excluding hydrogens is 356 g/mol. The SMILES string of the molecule is BrCc1cccc(/N=N/c2cccc(CBr)c2)c1. The Kier molecular flexibility index (Phi) is 5.08. The Labute approximate surface area is 123 Å². The van der Waals surface area contributed by atoms with Gasteiger partial charge in [0.25, 0.3) is 0 Å². The van der Waals surface area contributed by atoms with E-state index in [1.165, 1.54) is 11.1 Å². The fraction of sp³-hybridized carbons (Fsp3) is 0.143. The second kappa shape index (κ2) is 6.81. The standard InChI is InChI=1S/C14H12Br2N2/c15-9-11-3-1-5-13(7-11)17-18-14-6-2-4-12(8-14)10-16/h1-8H,9-10H2/b18-17+. The third-order valence-corrected chi connectivity index (χ3v) is 3.71. The summed E-state index contributed by atoms with van der Waals surface area (Å²) in [6, 6.07) is 16.0. The van der Waals surface area contributed by atoms with Gasteiger partial charge in [-0.05, 0) is 35.4 Å². The Bertz CT molecular complexity index is 503. The summed E-state index contributed by atoms with van der Waals surface area (Å²) in [4.78, 5) is 0. The van der Waals surface area contributed by atoms with Crippen molar-refractivity contribution in [3.63, 3.8) is 0 Å². The van der Waals surface area contributed by atoms with Gasteiger partial charge in [-0.15, -0.1) is 0 Å². The Morgan fingerprint density at radius 3 is 1.56 bits per heavy atom. The van der Waals surface area contributed by atoms with Crippen LogP contribution < -0.4 is 0 Å². The molecule has 0 aliphatic rings. The highest BCUT2D eigenvalue weighted by Crippen LogP contribution is 2.21. The van der Waals surface area contributed by atoms with E-state index in [1.54, 1.807) is 0 Å². The van der Waals surface area contributed by atoms with E-state index in [4.69, 9.17) is 0 Å². The predicted octanol–water partition coefficient (Wildman–Crippen LogP) is 5.89. The molecule has 2 rings (SSSR count). The van der Waals surface area contributed by atoms with Crippen molar-refractivity contribution in [1.82, 2.24) is 0 Å². The van der Waals surface area contributed by atoms with Crippen molar-refractivity contribution in [2.24, 2.45) is 10.2 Å². The lowest BCUT2D eigenvalue weighted by atomic mass is 10.2. The van der Waals surface area contributed by atoms with Gasteiger partial charge in [0, 0.05) is 10.7 Å². The summed E-state index contributed by atoms with van der Waals surface area (Å²) < 4.78 is 0. The van der Waals surface area contributed by atoms with Crippen molar-refractivity contribution in [1.29, 1.82) is 0 Å². The summed E-state index contributed by atoms with van der Waals surface area (Å²) in [7, 11) is 0. The van der Waals surface area contributed by atoms with Crippen LogP contribution in [0.1, 0.15) is 11.1 Å². The topological polar surface area (TPSA) is 24.7 Å². The zero-order valence-corrected chi connectivity index (χ0v) is 12.9. The molecule has 0 fully saturated rings. The molecule has 0 radical (unpaired) electrons. The molecule has 92 valence electrons. The average Bonchev–Trinajstić information content (AvgIpc) is 2.45. The van der Waals surface area contributed by atoms with Gasteiger partial charge in [-0.3, -0.25) is 0 Å². The monoisotopic (exact) mass is 366 g/mol. The van der Waals surface area contributed by atoms with Crippen LogP contribution in [0.4, 0.5) is 11.4 Å². The van der Waals surface area contributed by atoms with E-state index in [0.29, 0.717) is 0 Å². The first-order chi connectivity index (χ1) is 8.81. The number of rotatable bonds is 4. The van der Waals surface area contributed by atoms with Crippen LogP contribution in [0.15, 0.2) is 58.8 Å². The first kappa shape index (κ1) is 13.4. The van der Waals surface area contributed by atoms with E-state index >= 15 is 0 Å². The zero-order valence-electron chi connectivity index (χ0n) is 9.68. The zero-order chi connectivity index (χ0) is 12.8. The van der Waals surface area contributed by atoms with E-state index in [2.05, 4.69) is 54.2 Å². The van der Waals surface area contributed by atoms with Gasteiger partial charge >= 0.3 is 0 Å². The smallest absolute Gasteiger partial charge is 0.0860 e. The fourth-order valence-corrected chi connectivity index (χ4v) is 2.22. The van der Waals surface area contributed by atoms with Crippen LogP contribution in [0.5, 0.6) is 0 Å². The molecule has 0 heterocycles. The largest absolute Gasteiger partial charge is 0.151 e. The van der Waals surface area contributed by atoms with Crippen LogP contribution in [0, 0.1) is 0 Å². The molecule has 2 aromatic rings. The molecule has 0 atom stereocenters. The molecule has 0 bridgehead atoms. The minimum Gasteiger partial charge on any atom is -0.151 e. The van der Waals surface area contributed by atoms with Gasteiger partial charge in [0.05, 0.1) is 11.4 Å². The number of benzene rings is 2. The van der Waals surface area contributed by atoms with Crippen LogP contribution in [0.25, 0.3) is 0 Å². The van der Waals surface area contributed by atoms with Gasteiger partial charge in [-0.2, -0.15) is 10.2 Å². The minimum atomic E-state index is 0.829. The maximum Gasteiger partial charge on any atom is 0.0860 e. The van der Waals surface area contributed by atoms with Crippen molar-refractivity contribution >= 4 is 43.2 Å². The Hall–Kier alpha value is -1.00. The Balaban J connectivity index is 2.18. The van der Waals surface area contributed by atoms with Crippen molar-refractivity contribution in [3.05, 3.63) is 59.7 Å². The third-order valence-electron chi connectivity index (χ3n) is 2.41. The van der Waals surface area contributed by atoms with Gasteiger partial charge in [0.15, 0.2) is 0 Å². The number of halogens is 2. The summed E-state index contributed by atoms with van der Waals surface area (Å²) in [5, 5.41) is 10.2. The van der Waals surface area contributed by atoms with E-state index in [-0.39, 0.29) is 0 Å². The number of hydrogen-bond acceptors (Lipinski definition) is 2. The van der Waals surface area contributed by atoms with Crippen LogP contribution in [0.2, 0.25) is 0 Å². The lowest BCUT2D eigenvalue weighted by Crippen LogP contribution is -1.75. The second-order valence-electron chi connectivity index (χ2n) is 3.81. The summed E-state index contributed by atoms with van der Waals surface area (Å²) in [6.07, 6.45) is 0. The average molecular weight is 368 g/mol. The van der Waals surface area contributed by atoms with E-state index in [1.807, 2.05) is 36.4 Å². The van der Waals surface area contributed by atoms with E-state index < -0.39 is 0 Å². The molecular formula is C14H12Br2N2. The number of alkyl halides is 2. The molecule has 0 aliphatic carbocycles. The molecule has 0 saturated heterocycles. The minimum absolute atomic E-state index is 0.829. The van der Waals surface area contributed by atoms with Crippen LogP contribution in [-0.4, -0.2) is 0 Å². The van der Waals surface area contributed by atoms with Crippen LogP contribution in [-0.2, 0) is 10.7 Å². The number of nitrogens with zero attached hydrogens (tertiary/aromatic N) is 2. The molecule has 0 unspecified atom stereocenters. The first-order valence-electron chi connectivity index (χ1n) is 5.53. The van der Waals surface area contributed by atoms with Crippen molar-refractivity contribution in [2.45, 2.75) is 10.7 Å². The van der Waals surface area contributed by atoms with Gasteiger partial charge in [-0.1, -0.05) is 56.1 Å². The summed E-state index contributed by atoms with van der Waals surface area (Å²) in [6.45, 7) is 0. The lowest BCUT2D eigenvalue weighted by Gasteiger charge is -1.98. The molecule has 0 aromatic heterocycles. The van der Waals surface area contributed by atoms with Crippen molar-refractivity contribution < 1.29 is 0 Å². The quantitative estimate of drug-likeness (QED) is 0.475. The normalized spacial score (nSPS) is 11.0. The summed E-state index contributed by atoms with van der Waals surface area (Å²) >= 11 is 6.86. The molecule has 0 aliphatic heterocycles. The molecule has 0 saturated carbocycles. The Morgan fingerprint density at radius 1 is 0.722 bits per heavy atom. The maximum atomic E-state index is 4.25. The van der Waals surface area contributed by atoms with E-state index in [0.717, 1.165) is 22.0 Å². The van der Waals surface area contributed by atoms with Crippen LogP contribution in [0.3, 0.4) is 0 Å². The molecule has 0 amide bonds. The number of azo groups is 1. The van der Waals surface area contributed by atoms with Crippen molar-refractivity contribution in [3.8, 4) is 0 Å². The molecule has 4 heteroatoms. The van der Waals surface area contributed by atoms with Gasteiger partial charge < -0.3 is 0 Å². The van der Waals surface area contributed by atoms with Gasteiger partial charge in [0.1, 0.15) is 0 Å². The van der Waals surface area contributed by atoms with Gasteiger partial charge in [-0.25, -0.2) is 0 Å². The summed E-state index contributed by atoms with van der Waals surface area (Å²) in [5.41, 5.74) is 4.13. The third kappa shape index (κ3) is 3.75. The molecule has 0 N–H and O–H groups in total. The number of hydrogen-bond donors (Lipinski definition) is 0. The predicted molar refractivity (Wildman–Crippen MR) is 82.3 cm³/mol. The Morgan fingerprint density at radius 2 is 1.17 bits per heavy atom. The molecule has 18 heavy (non-hydrogen) atoms. The molecule has 2 aromatic carbocycles. The fourth-order valence-electron chi connectivity index (χ4n) is 1.52. The molecule has 2 nitrogen and oxygen atoms in total. The highest BCUT2D eigenvalue weighted by molar-refractivity contribution is 9.08. The highest BCUT2D eigenvalue weighted by Gasteiger charge is 1.95. The van der Waals surface area contributed by atoms with Crippen LogP contribution >= 0.6 is 31.9 Å². The summed E-state index contributed by atoms with van der Waals surface area (Å²) in [5.74, 6) is 0. The first-order valence-corrected chi connectivity index (χ1v) is 7.77. The maximum absolute atomic E-state index is 4.25. The van der Waals surface area contributed by atoms with Crippen molar-refractivity contribution in [2.75, 3.05) is 0 Å². The molecule has 0 spiro atoms. The second-order valence-corrected chi connectivity index (χ2v) is 4.93. The lowest BCUT2D eigenvalue weighted by molar-refractivity contribution is 1.21.